The Morgan fingerprint density at radius 1 is 1.33 bits per heavy atom. The Hall–Kier alpha value is -1.04. The highest BCUT2D eigenvalue weighted by Gasteiger charge is 2.02. The predicted molar refractivity (Wildman–Crippen MR) is 45.1 cm³/mol. The van der Waals surface area contributed by atoms with Crippen molar-refractivity contribution in [1.29, 1.82) is 0 Å². The fraction of sp³-hybridized carbons (Fsp3) is 0. The molecule has 0 aliphatic heterocycles. The second-order valence-corrected chi connectivity index (χ2v) is 2.10. The number of hydrogen-bond donors (Lipinski definition) is 2. The van der Waals surface area contributed by atoms with Crippen molar-refractivity contribution in [3.8, 4) is 0 Å². The van der Waals surface area contributed by atoms with Crippen LogP contribution < -0.4 is 5.48 Å². The van der Waals surface area contributed by atoms with E-state index in [0.717, 1.165) is 0 Å². The van der Waals surface area contributed by atoms with Crippen LogP contribution in [0.25, 0.3) is 0 Å². The van der Waals surface area contributed by atoms with Crippen LogP contribution in [0, 0.1) is 0 Å². The summed E-state index contributed by atoms with van der Waals surface area (Å²) in [5.41, 5.74) is 2.50. The van der Waals surface area contributed by atoms with Gasteiger partial charge in [-0.05, 0) is 12.1 Å². The molecule has 12 heavy (non-hydrogen) atoms. The number of benzene rings is 1. The van der Waals surface area contributed by atoms with E-state index in [-0.39, 0.29) is 5.91 Å². The topological polar surface area (TPSA) is 47.6 Å². The Bertz CT molecular complexity index is 252. The number of nitrogens with one attached hydrogen (secondary N) is 1. The molecule has 0 spiro atoms. The van der Waals surface area contributed by atoms with Gasteiger partial charge in [0.2, 0.25) is 0 Å². The van der Waals surface area contributed by atoms with E-state index in [2.05, 4.69) is 22.2 Å². The maximum absolute atomic E-state index is 11.1. The Morgan fingerprint density at radius 2 is 2.00 bits per heavy atom. The Kier molecular flexibility index (Phi) is 3.59. The SMILES string of the molecule is O=C(NOOS)c1ccccc1. The molecule has 1 rings (SSSR count). The van der Waals surface area contributed by atoms with Crippen molar-refractivity contribution in [2.45, 2.75) is 0 Å². The molecule has 0 saturated heterocycles. The van der Waals surface area contributed by atoms with Gasteiger partial charge in [-0.1, -0.05) is 23.2 Å². The lowest BCUT2D eigenvalue weighted by atomic mass is 10.2. The summed E-state index contributed by atoms with van der Waals surface area (Å²) in [5, 5.41) is 0. The highest BCUT2D eigenvalue weighted by molar-refractivity contribution is 7.74. The summed E-state index contributed by atoms with van der Waals surface area (Å²) in [4.78, 5) is 15.2. The number of carbonyl (C=O) groups is 1. The first-order valence-corrected chi connectivity index (χ1v) is 3.53. The lowest BCUT2D eigenvalue weighted by molar-refractivity contribution is -0.227. The van der Waals surface area contributed by atoms with Crippen LogP contribution in [0.3, 0.4) is 0 Å². The van der Waals surface area contributed by atoms with Crippen LogP contribution in [-0.2, 0) is 9.32 Å². The Balaban J connectivity index is 2.54. The molecule has 0 radical (unpaired) electrons. The van der Waals surface area contributed by atoms with Crippen molar-refractivity contribution in [3.05, 3.63) is 35.9 Å². The van der Waals surface area contributed by atoms with Crippen molar-refractivity contribution in [3.63, 3.8) is 0 Å². The van der Waals surface area contributed by atoms with Gasteiger partial charge in [0.15, 0.2) is 0 Å². The molecule has 5 heteroatoms. The van der Waals surface area contributed by atoms with Gasteiger partial charge in [0.1, 0.15) is 0 Å². The quantitative estimate of drug-likeness (QED) is 0.321. The number of carbonyl (C=O) groups excluding carboxylic acids is 1. The molecule has 0 aromatic heterocycles. The van der Waals surface area contributed by atoms with Gasteiger partial charge in [0.25, 0.3) is 5.91 Å². The van der Waals surface area contributed by atoms with E-state index in [9.17, 15) is 4.79 Å². The molecule has 0 aliphatic rings. The first kappa shape index (κ1) is 9.05. The van der Waals surface area contributed by atoms with Gasteiger partial charge >= 0.3 is 0 Å². The molecule has 1 aromatic rings. The van der Waals surface area contributed by atoms with Crippen molar-refractivity contribution in [2.75, 3.05) is 0 Å². The average Bonchev–Trinajstić information content (AvgIpc) is 2.15. The van der Waals surface area contributed by atoms with Gasteiger partial charge in [0, 0.05) is 18.5 Å². The first-order valence-electron chi connectivity index (χ1n) is 3.17. The lowest BCUT2D eigenvalue weighted by Crippen LogP contribution is -2.22. The molecule has 0 heterocycles. The van der Waals surface area contributed by atoms with Gasteiger partial charge in [0.05, 0.1) is 0 Å². The molecule has 1 amide bonds. The van der Waals surface area contributed by atoms with Crippen LogP contribution in [-0.4, -0.2) is 5.91 Å². The molecule has 4 nitrogen and oxygen atoms in total. The van der Waals surface area contributed by atoms with E-state index < -0.39 is 0 Å². The van der Waals surface area contributed by atoms with E-state index in [1.165, 1.54) is 0 Å². The summed E-state index contributed by atoms with van der Waals surface area (Å²) < 4.78 is 3.90. The second kappa shape index (κ2) is 4.76. The Morgan fingerprint density at radius 3 is 2.58 bits per heavy atom. The van der Waals surface area contributed by atoms with E-state index in [0.29, 0.717) is 5.56 Å². The molecule has 0 unspecified atom stereocenters. The van der Waals surface area contributed by atoms with E-state index in [1.54, 1.807) is 24.3 Å². The minimum Gasteiger partial charge on any atom is -0.267 e. The van der Waals surface area contributed by atoms with E-state index in [4.69, 9.17) is 0 Å². The first-order chi connectivity index (χ1) is 5.84. The third-order valence-electron chi connectivity index (χ3n) is 1.21. The molecule has 1 N–H and O–H groups in total. The van der Waals surface area contributed by atoms with E-state index >= 15 is 0 Å². The molecular weight excluding hydrogens is 178 g/mol. The minimum atomic E-state index is -0.385. The summed E-state index contributed by atoms with van der Waals surface area (Å²) in [6, 6.07) is 8.61. The fourth-order valence-corrected chi connectivity index (χ4v) is 0.742. The second-order valence-electron chi connectivity index (χ2n) is 1.96. The highest BCUT2D eigenvalue weighted by Crippen LogP contribution is 1.97. The highest BCUT2D eigenvalue weighted by atomic mass is 32.1. The molecule has 0 aliphatic carbocycles. The van der Waals surface area contributed by atoms with Gasteiger partial charge in [-0.25, -0.2) is 0 Å². The van der Waals surface area contributed by atoms with Crippen molar-refractivity contribution in [1.82, 2.24) is 5.48 Å². The largest absolute Gasteiger partial charge is 0.277 e. The minimum absolute atomic E-state index is 0.385. The van der Waals surface area contributed by atoms with Gasteiger partial charge in [-0.2, -0.15) is 5.48 Å². The summed E-state index contributed by atoms with van der Waals surface area (Å²) >= 11 is 3.27. The summed E-state index contributed by atoms with van der Waals surface area (Å²) in [6.07, 6.45) is 0. The van der Waals surface area contributed by atoms with Crippen molar-refractivity contribution >= 4 is 18.8 Å². The summed E-state index contributed by atoms with van der Waals surface area (Å²) in [7, 11) is 0. The molecular formula is C7H7NO3S. The maximum Gasteiger partial charge on any atom is 0.277 e. The fourth-order valence-electron chi connectivity index (χ4n) is 0.705. The smallest absolute Gasteiger partial charge is 0.267 e. The van der Waals surface area contributed by atoms with Crippen LogP contribution >= 0.6 is 12.9 Å². The number of rotatable bonds is 3. The van der Waals surface area contributed by atoms with Crippen LogP contribution in [0.1, 0.15) is 10.4 Å². The summed E-state index contributed by atoms with van der Waals surface area (Å²) in [6.45, 7) is 0. The van der Waals surface area contributed by atoms with Crippen LogP contribution in [0.2, 0.25) is 0 Å². The van der Waals surface area contributed by atoms with Gasteiger partial charge in [-0.3, -0.25) is 4.79 Å². The number of thiol groups is 1. The van der Waals surface area contributed by atoms with Crippen LogP contribution in [0.15, 0.2) is 30.3 Å². The predicted octanol–water partition coefficient (Wildman–Crippen LogP) is 1.12. The molecule has 0 bridgehead atoms. The normalized spacial score (nSPS) is 9.42. The molecule has 1 aromatic carbocycles. The van der Waals surface area contributed by atoms with Crippen molar-refractivity contribution in [2.24, 2.45) is 0 Å². The molecule has 0 fully saturated rings. The standard InChI is InChI=1S/C7H7NO3S/c9-7(8-10-11-12)6-4-2-1-3-5-6/h1-5,12H,(H,8,9). The van der Waals surface area contributed by atoms with Crippen LogP contribution in [0.4, 0.5) is 0 Å². The van der Waals surface area contributed by atoms with E-state index in [1.807, 2.05) is 11.5 Å². The number of amides is 1. The third-order valence-corrected chi connectivity index (χ3v) is 1.28. The van der Waals surface area contributed by atoms with Gasteiger partial charge < -0.3 is 0 Å². The van der Waals surface area contributed by atoms with Crippen molar-refractivity contribution < 1.29 is 14.1 Å². The maximum atomic E-state index is 11.1. The monoisotopic (exact) mass is 185 g/mol. The van der Waals surface area contributed by atoms with Crippen LogP contribution in [0.5, 0.6) is 0 Å². The Labute approximate surface area is 75.0 Å². The molecule has 64 valence electrons. The number of hydrogen-bond acceptors (Lipinski definition) is 4. The number of hydroxylamine groups is 1. The third kappa shape index (κ3) is 2.54. The zero-order chi connectivity index (χ0) is 8.81. The molecule has 0 atom stereocenters. The zero-order valence-electron chi connectivity index (χ0n) is 6.06. The summed E-state index contributed by atoms with van der Waals surface area (Å²) in [5.74, 6) is -0.385. The average molecular weight is 185 g/mol. The lowest BCUT2D eigenvalue weighted by Gasteiger charge is -1.99. The molecule has 0 saturated carbocycles. The van der Waals surface area contributed by atoms with Gasteiger partial charge in [-0.15, -0.1) is 4.33 Å². The zero-order valence-corrected chi connectivity index (χ0v) is 6.95.